The Morgan fingerprint density at radius 1 is 1.21 bits per heavy atom. The molecule has 0 spiro atoms. The second-order valence-electron chi connectivity index (χ2n) is 8.11. The summed E-state index contributed by atoms with van der Waals surface area (Å²) in [7, 11) is 1.75. The van der Waals surface area contributed by atoms with Crippen molar-refractivity contribution in [2.45, 2.75) is 19.3 Å². The van der Waals surface area contributed by atoms with Crippen molar-refractivity contribution in [2.24, 2.45) is 5.92 Å². The van der Waals surface area contributed by atoms with Crippen LogP contribution in [0.1, 0.15) is 29.6 Å². The quantitative estimate of drug-likeness (QED) is 0.438. The number of nitrogens with zero attached hydrogens (tertiary/aromatic N) is 3. The summed E-state index contributed by atoms with van der Waals surface area (Å²) in [4.78, 5) is 38.6. The number of H-pyrrole nitrogens is 1. The molecule has 0 aliphatic carbocycles. The first-order chi connectivity index (χ1) is 16.1. The largest absolute Gasteiger partial charge is 0.396 e. The molecule has 9 nitrogen and oxygen atoms in total. The minimum absolute atomic E-state index is 0.143. The number of aromatic nitrogens is 3. The van der Waals surface area contributed by atoms with E-state index in [1.165, 1.54) is 0 Å². The molecule has 3 aromatic rings. The van der Waals surface area contributed by atoms with Gasteiger partial charge in [-0.3, -0.25) is 14.6 Å². The number of benzene rings is 1. The molecule has 0 bridgehead atoms. The number of pyridine rings is 1. The molecule has 1 aliphatic rings. The van der Waals surface area contributed by atoms with Crippen molar-refractivity contribution < 1.29 is 9.90 Å². The number of carbonyl (C=O) groups is 1. The Morgan fingerprint density at radius 3 is 2.67 bits per heavy atom. The van der Waals surface area contributed by atoms with E-state index in [1.54, 1.807) is 43.8 Å². The molecule has 172 valence electrons. The summed E-state index contributed by atoms with van der Waals surface area (Å²) in [6.45, 7) is 2.13. The molecule has 4 N–H and O–H groups in total. The van der Waals surface area contributed by atoms with Gasteiger partial charge in [0.15, 0.2) is 0 Å². The number of anilines is 3. The normalized spacial score (nSPS) is 14.2. The highest BCUT2D eigenvalue weighted by Gasteiger charge is 2.19. The van der Waals surface area contributed by atoms with Crippen LogP contribution in [0.4, 0.5) is 17.2 Å². The number of hydrogen-bond donors (Lipinski definition) is 4. The van der Waals surface area contributed by atoms with E-state index in [2.05, 4.69) is 30.5 Å². The van der Waals surface area contributed by atoms with Gasteiger partial charge in [-0.15, -0.1) is 0 Å². The van der Waals surface area contributed by atoms with Crippen LogP contribution in [0.2, 0.25) is 0 Å². The van der Waals surface area contributed by atoms with Gasteiger partial charge in [0.1, 0.15) is 11.5 Å². The van der Waals surface area contributed by atoms with E-state index >= 15 is 0 Å². The monoisotopic (exact) mass is 448 g/mol. The molecule has 9 heteroatoms. The smallest absolute Gasteiger partial charge is 0.271 e. The zero-order chi connectivity index (χ0) is 23.2. The fourth-order valence-corrected chi connectivity index (χ4v) is 4.03. The van der Waals surface area contributed by atoms with E-state index in [1.807, 2.05) is 12.1 Å². The Hall–Kier alpha value is -3.72. The second kappa shape index (κ2) is 10.3. The van der Waals surface area contributed by atoms with E-state index in [0.717, 1.165) is 38.0 Å². The molecule has 2 aromatic heterocycles. The Balaban J connectivity index is 1.44. The van der Waals surface area contributed by atoms with Gasteiger partial charge < -0.3 is 25.6 Å². The maximum atomic E-state index is 12.8. The lowest BCUT2D eigenvalue weighted by molar-refractivity contribution is 0.102. The van der Waals surface area contributed by atoms with E-state index in [-0.39, 0.29) is 18.2 Å². The molecule has 1 aromatic carbocycles. The molecular weight excluding hydrogens is 420 g/mol. The van der Waals surface area contributed by atoms with Crippen molar-refractivity contribution in [1.82, 2.24) is 15.0 Å². The van der Waals surface area contributed by atoms with Crippen molar-refractivity contribution in [3.63, 3.8) is 0 Å². The summed E-state index contributed by atoms with van der Waals surface area (Å²) < 4.78 is 0. The van der Waals surface area contributed by atoms with Gasteiger partial charge in [-0.2, -0.15) is 0 Å². The third-order valence-corrected chi connectivity index (χ3v) is 5.98. The number of amides is 1. The third-order valence-electron chi connectivity index (χ3n) is 5.98. The van der Waals surface area contributed by atoms with Gasteiger partial charge in [-0.25, -0.2) is 4.98 Å². The lowest BCUT2D eigenvalue weighted by atomic mass is 9.93. The number of piperidine rings is 1. The summed E-state index contributed by atoms with van der Waals surface area (Å²) in [5.41, 5.74) is 2.49. The topological polar surface area (TPSA) is 123 Å². The van der Waals surface area contributed by atoms with Gasteiger partial charge in [0.2, 0.25) is 0 Å². The number of hydrogen-bond acceptors (Lipinski definition) is 7. The van der Waals surface area contributed by atoms with Crippen molar-refractivity contribution >= 4 is 23.1 Å². The number of aliphatic hydroxyl groups excluding tert-OH is 1. The molecule has 0 radical (unpaired) electrons. The first-order valence-corrected chi connectivity index (χ1v) is 11.1. The van der Waals surface area contributed by atoms with Crippen molar-refractivity contribution in [1.29, 1.82) is 0 Å². The van der Waals surface area contributed by atoms with Gasteiger partial charge in [0.25, 0.3) is 11.5 Å². The van der Waals surface area contributed by atoms with E-state index < -0.39 is 5.56 Å². The summed E-state index contributed by atoms with van der Waals surface area (Å²) >= 11 is 0. The van der Waals surface area contributed by atoms with Crippen LogP contribution in [-0.4, -0.2) is 52.7 Å². The van der Waals surface area contributed by atoms with Crippen molar-refractivity contribution in [3.05, 3.63) is 64.8 Å². The minimum Gasteiger partial charge on any atom is -0.396 e. The van der Waals surface area contributed by atoms with Crippen LogP contribution in [-0.2, 0) is 0 Å². The average Bonchev–Trinajstić information content (AvgIpc) is 2.86. The number of aromatic amines is 1. The van der Waals surface area contributed by atoms with E-state index in [0.29, 0.717) is 28.6 Å². The number of rotatable bonds is 7. The van der Waals surface area contributed by atoms with Crippen LogP contribution < -0.4 is 21.1 Å². The first-order valence-electron chi connectivity index (χ1n) is 11.1. The molecule has 3 heterocycles. The standard InChI is InChI=1S/C24H28N6O3/c1-25-22-15-26-14-21(28-22)18-12-20(24(33)27-13-18)29-23(32)17-2-4-19(5-3-17)30-9-6-16(7-10-30)8-11-31/h2-5,12-16,31H,6-11H2,1H3,(H,25,28)(H,27,33)(H,29,32). The lowest BCUT2D eigenvalue weighted by Crippen LogP contribution is -2.33. The van der Waals surface area contributed by atoms with Crippen LogP contribution in [0.25, 0.3) is 11.3 Å². The third kappa shape index (κ3) is 5.38. The SMILES string of the molecule is CNc1cncc(-c2c[nH]c(=O)c(NC(=O)c3ccc(N4CCC(CCO)CC4)cc3)c2)n1. The predicted octanol–water partition coefficient (Wildman–Crippen LogP) is 2.72. The summed E-state index contributed by atoms with van der Waals surface area (Å²) in [6.07, 6.45) is 7.71. The van der Waals surface area contributed by atoms with Crippen molar-refractivity contribution in [3.8, 4) is 11.3 Å². The first kappa shape index (κ1) is 22.5. The molecule has 1 amide bonds. The fraction of sp³-hybridized carbons (Fsp3) is 0.333. The highest BCUT2D eigenvalue weighted by molar-refractivity contribution is 6.04. The van der Waals surface area contributed by atoms with Gasteiger partial charge in [-0.1, -0.05) is 0 Å². The molecule has 1 aliphatic heterocycles. The Labute approximate surface area is 191 Å². The Morgan fingerprint density at radius 2 is 1.97 bits per heavy atom. The average molecular weight is 449 g/mol. The highest BCUT2D eigenvalue weighted by Crippen LogP contribution is 2.25. The zero-order valence-electron chi connectivity index (χ0n) is 18.5. The van der Waals surface area contributed by atoms with Crippen LogP contribution in [0.3, 0.4) is 0 Å². The molecular formula is C24H28N6O3. The van der Waals surface area contributed by atoms with Gasteiger partial charge in [-0.05, 0) is 55.5 Å². The fourth-order valence-electron chi connectivity index (χ4n) is 4.03. The number of nitrogens with one attached hydrogen (secondary N) is 3. The maximum absolute atomic E-state index is 12.8. The van der Waals surface area contributed by atoms with Crippen LogP contribution in [0.15, 0.2) is 53.7 Å². The zero-order valence-corrected chi connectivity index (χ0v) is 18.5. The molecule has 0 unspecified atom stereocenters. The number of aliphatic hydroxyl groups is 1. The van der Waals surface area contributed by atoms with Gasteiger partial charge in [0.05, 0.1) is 18.1 Å². The van der Waals surface area contributed by atoms with Crippen molar-refractivity contribution in [2.75, 3.05) is 42.3 Å². The lowest BCUT2D eigenvalue weighted by Gasteiger charge is -2.33. The minimum atomic E-state index is -0.396. The summed E-state index contributed by atoms with van der Waals surface area (Å²) in [5.74, 6) is 0.819. The Kier molecular flexibility index (Phi) is 6.99. The molecule has 1 saturated heterocycles. The Bertz CT molecular complexity index is 1150. The second-order valence-corrected chi connectivity index (χ2v) is 8.11. The highest BCUT2D eigenvalue weighted by atomic mass is 16.3. The molecule has 0 saturated carbocycles. The summed E-state index contributed by atoms with van der Waals surface area (Å²) in [6, 6.07) is 8.99. The van der Waals surface area contributed by atoms with Gasteiger partial charge >= 0.3 is 0 Å². The number of carbonyl (C=O) groups excluding carboxylic acids is 1. The molecule has 1 fully saturated rings. The molecule has 33 heavy (non-hydrogen) atoms. The van der Waals surface area contributed by atoms with Crippen LogP contribution in [0, 0.1) is 5.92 Å². The van der Waals surface area contributed by atoms with E-state index in [9.17, 15) is 9.59 Å². The van der Waals surface area contributed by atoms with Crippen LogP contribution >= 0.6 is 0 Å². The van der Waals surface area contributed by atoms with Gasteiger partial charge in [0, 0.05) is 49.8 Å². The van der Waals surface area contributed by atoms with E-state index in [4.69, 9.17) is 5.11 Å². The summed E-state index contributed by atoms with van der Waals surface area (Å²) in [5, 5.41) is 14.7. The molecule has 0 atom stereocenters. The molecule has 4 rings (SSSR count). The predicted molar refractivity (Wildman–Crippen MR) is 129 cm³/mol. The maximum Gasteiger partial charge on any atom is 0.271 e. The van der Waals surface area contributed by atoms with Crippen LogP contribution in [0.5, 0.6) is 0 Å².